The summed E-state index contributed by atoms with van der Waals surface area (Å²) in [5.41, 5.74) is 5.77. The average molecular weight is 346 g/mol. The van der Waals surface area contributed by atoms with E-state index in [0.717, 1.165) is 23.4 Å². The number of imidazole rings is 1. The summed E-state index contributed by atoms with van der Waals surface area (Å²) in [6.45, 7) is 11.8. The molecule has 0 aliphatic heterocycles. The molecule has 0 fully saturated rings. The molecule has 0 spiro atoms. The highest BCUT2D eigenvalue weighted by atomic mass is 15.1. The number of nitrogens with zero attached hydrogens (tertiary/aromatic N) is 3. The number of fused-ring (bicyclic) bond motifs is 2. The third-order valence-corrected chi connectivity index (χ3v) is 4.91. The van der Waals surface area contributed by atoms with Crippen LogP contribution in [0.15, 0.2) is 42.5 Å². The number of benzene rings is 2. The number of aromatic amines is 1. The zero-order chi connectivity index (χ0) is 18.5. The molecular formula is C22H26N4. The van der Waals surface area contributed by atoms with Crippen molar-refractivity contribution in [2.45, 2.75) is 52.5 Å². The molecule has 2 heterocycles. The lowest BCUT2D eigenvalue weighted by Gasteiger charge is -2.16. The number of hydrogen-bond donors (Lipinski definition) is 1. The predicted octanol–water partition coefficient (Wildman–Crippen LogP) is 5.38. The molecule has 4 nitrogen and oxygen atoms in total. The second kappa shape index (κ2) is 5.97. The minimum atomic E-state index is 0.0572. The van der Waals surface area contributed by atoms with Crippen LogP contribution in [-0.4, -0.2) is 19.7 Å². The van der Waals surface area contributed by atoms with Crippen molar-refractivity contribution in [1.29, 1.82) is 0 Å². The van der Waals surface area contributed by atoms with E-state index in [2.05, 4.69) is 85.8 Å². The van der Waals surface area contributed by atoms with Gasteiger partial charge in [-0.1, -0.05) is 58.9 Å². The van der Waals surface area contributed by atoms with Gasteiger partial charge in [0.15, 0.2) is 0 Å². The second-order valence-corrected chi connectivity index (χ2v) is 8.40. The maximum atomic E-state index is 4.85. The largest absolute Gasteiger partial charge is 0.323 e. The van der Waals surface area contributed by atoms with Crippen LogP contribution in [0.1, 0.15) is 57.6 Å². The minimum Gasteiger partial charge on any atom is -0.323 e. The van der Waals surface area contributed by atoms with Gasteiger partial charge in [0.1, 0.15) is 5.82 Å². The number of hydrogen-bond acceptors (Lipinski definition) is 2. The lowest BCUT2D eigenvalue weighted by molar-refractivity contribution is 0.571. The first-order valence-electron chi connectivity index (χ1n) is 9.27. The Bertz CT molecular complexity index is 1080. The van der Waals surface area contributed by atoms with Crippen LogP contribution in [0, 0.1) is 0 Å². The van der Waals surface area contributed by atoms with Gasteiger partial charge in [0.05, 0.1) is 16.6 Å². The predicted molar refractivity (Wildman–Crippen MR) is 108 cm³/mol. The first-order valence-corrected chi connectivity index (χ1v) is 9.27. The Kier molecular flexibility index (Phi) is 3.87. The summed E-state index contributed by atoms with van der Waals surface area (Å²) in [6.07, 6.45) is 0. The molecule has 0 amide bonds. The fourth-order valence-corrected chi connectivity index (χ4v) is 3.61. The SMILES string of the molecule is CC(C)c1nc2ccccc2n1Cc1ccc2c(C(C)(C)C)[nH]nc2c1. The summed E-state index contributed by atoms with van der Waals surface area (Å²) >= 11 is 0. The Morgan fingerprint density at radius 2 is 1.81 bits per heavy atom. The highest BCUT2D eigenvalue weighted by Crippen LogP contribution is 2.29. The minimum absolute atomic E-state index is 0.0572. The standard InChI is InChI=1S/C22H26N4/c1-14(2)21-23-17-8-6-7-9-19(17)26(21)13-15-10-11-16-18(12-15)24-25-20(16)22(3,4)5/h6-12,14H,13H2,1-5H3,(H,24,25). The third kappa shape index (κ3) is 2.79. The van der Waals surface area contributed by atoms with E-state index >= 15 is 0 Å². The van der Waals surface area contributed by atoms with Crippen LogP contribution in [0.5, 0.6) is 0 Å². The molecule has 134 valence electrons. The van der Waals surface area contributed by atoms with Gasteiger partial charge in [-0.15, -0.1) is 0 Å². The van der Waals surface area contributed by atoms with Crippen molar-refractivity contribution in [3.05, 3.63) is 59.5 Å². The van der Waals surface area contributed by atoms with Gasteiger partial charge in [-0.25, -0.2) is 4.98 Å². The number of para-hydroxylation sites is 2. The maximum Gasteiger partial charge on any atom is 0.112 e. The van der Waals surface area contributed by atoms with Crippen molar-refractivity contribution in [2.24, 2.45) is 0 Å². The molecule has 0 bridgehead atoms. The summed E-state index contributed by atoms with van der Waals surface area (Å²) in [5, 5.41) is 8.98. The van der Waals surface area contributed by atoms with Crippen molar-refractivity contribution >= 4 is 21.9 Å². The molecule has 0 unspecified atom stereocenters. The Balaban J connectivity index is 1.78. The van der Waals surface area contributed by atoms with Crippen LogP contribution in [0.2, 0.25) is 0 Å². The molecule has 0 saturated heterocycles. The Morgan fingerprint density at radius 3 is 2.54 bits per heavy atom. The third-order valence-electron chi connectivity index (χ3n) is 4.91. The van der Waals surface area contributed by atoms with E-state index in [9.17, 15) is 0 Å². The van der Waals surface area contributed by atoms with Gasteiger partial charge in [-0.3, -0.25) is 5.10 Å². The highest BCUT2D eigenvalue weighted by molar-refractivity contribution is 5.83. The first-order chi connectivity index (χ1) is 12.3. The maximum absolute atomic E-state index is 4.85. The van der Waals surface area contributed by atoms with E-state index in [0.29, 0.717) is 5.92 Å². The van der Waals surface area contributed by atoms with Crippen LogP contribution < -0.4 is 0 Å². The van der Waals surface area contributed by atoms with E-state index in [1.807, 2.05) is 6.07 Å². The van der Waals surface area contributed by atoms with Gasteiger partial charge >= 0.3 is 0 Å². The number of nitrogens with one attached hydrogen (secondary N) is 1. The molecule has 0 saturated carbocycles. The zero-order valence-electron chi connectivity index (χ0n) is 16.2. The van der Waals surface area contributed by atoms with Gasteiger partial charge in [0.25, 0.3) is 0 Å². The summed E-state index contributed by atoms with van der Waals surface area (Å²) < 4.78 is 2.33. The Hall–Kier alpha value is -2.62. The molecule has 4 heteroatoms. The first kappa shape index (κ1) is 16.8. The normalized spacial score (nSPS) is 12.5. The zero-order valence-corrected chi connectivity index (χ0v) is 16.2. The molecule has 2 aromatic heterocycles. The Labute approximate surface area is 154 Å². The van der Waals surface area contributed by atoms with Gasteiger partial charge in [-0.2, -0.15) is 5.10 Å². The molecule has 26 heavy (non-hydrogen) atoms. The average Bonchev–Trinajstić information content (AvgIpc) is 3.16. The quantitative estimate of drug-likeness (QED) is 0.541. The van der Waals surface area contributed by atoms with Crippen LogP contribution in [-0.2, 0) is 12.0 Å². The summed E-state index contributed by atoms with van der Waals surface area (Å²) in [6, 6.07) is 15.0. The van der Waals surface area contributed by atoms with E-state index < -0.39 is 0 Å². The van der Waals surface area contributed by atoms with E-state index in [4.69, 9.17) is 4.98 Å². The molecule has 1 N–H and O–H groups in total. The van der Waals surface area contributed by atoms with Crippen molar-refractivity contribution in [3.63, 3.8) is 0 Å². The van der Waals surface area contributed by atoms with Gasteiger partial charge < -0.3 is 4.57 Å². The van der Waals surface area contributed by atoms with Crippen LogP contribution in [0.3, 0.4) is 0 Å². The van der Waals surface area contributed by atoms with Gasteiger partial charge in [0, 0.05) is 29.0 Å². The van der Waals surface area contributed by atoms with Crippen molar-refractivity contribution in [1.82, 2.24) is 19.7 Å². The van der Waals surface area contributed by atoms with Crippen molar-refractivity contribution in [2.75, 3.05) is 0 Å². The molecule has 4 rings (SSSR count). The fraction of sp³-hybridized carbons (Fsp3) is 0.364. The lowest BCUT2D eigenvalue weighted by atomic mass is 9.90. The van der Waals surface area contributed by atoms with Crippen LogP contribution >= 0.6 is 0 Å². The van der Waals surface area contributed by atoms with Crippen LogP contribution in [0.25, 0.3) is 21.9 Å². The monoisotopic (exact) mass is 346 g/mol. The molecular weight excluding hydrogens is 320 g/mol. The molecule has 2 aromatic carbocycles. The summed E-state index contributed by atoms with van der Waals surface area (Å²) in [7, 11) is 0. The smallest absolute Gasteiger partial charge is 0.112 e. The molecule has 0 atom stereocenters. The van der Waals surface area contributed by atoms with E-state index in [1.165, 1.54) is 22.2 Å². The second-order valence-electron chi connectivity index (χ2n) is 8.40. The van der Waals surface area contributed by atoms with Crippen molar-refractivity contribution < 1.29 is 0 Å². The fourth-order valence-electron chi connectivity index (χ4n) is 3.61. The molecule has 4 aromatic rings. The number of rotatable bonds is 3. The number of aromatic nitrogens is 4. The van der Waals surface area contributed by atoms with Gasteiger partial charge in [-0.05, 0) is 23.8 Å². The molecule has 0 aliphatic carbocycles. The Morgan fingerprint density at radius 1 is 1.04 bits per heavy atom. The van der Waals surface area contributed by atoms with E-state index in [-0.39, 0.29) is 5.41 Å². The van der Waals surface area contributed by atoms with Crippen LogP contribution in [0.4, 0.5) is 0 Å². The van der Waals surface area contributed by atoms with E-state index in [1.54, 1.807) is 0 Å². The summed E-state index contributed by atoms with van der Waals surface area (Å²) in [5.74, 6) is 1.51. The summed E-state index contributed by atoms with van der Waals surface area (Å²) in [4.78, 5) is 4.85. The van der Waals surface area contributed by atoms with Gasteiger partial charge in [0.2, 0.25) is 0 Å². The highest BCUT2D eigenvalue weighted by Gasteiger charge is 2.20. The topological polar surface area (TPSA) is 46.5 Å². The van der Waals surface area contributed by atoms with Crippen molar-refractivity contribution in [3.8, 4) is 0 Å². The lowest BCUT2D eigenvalue weighted by Crippen LogP contribution is -2.12. The molecule has 0 aliphatic rings. The number of H-pyrrole nitrogens is 1. The molecule has 0 radical (unpaired) electrons.